The Hall–Kier alpha value is -3.35. The van der Waals surface area contributed by atoms with Gasteiger partial charge >= 0.3 is 0 Å². The van der Waals surface area contributed by atoms with Gasteiger partial charge in [-0.2, -0.15) is 0 Å². The van der Waals surface area contributed by atoms with Gasteiger partial charge in [-0.3, -0.25) is 14.7 Å². The fourth-order valence-electron chi connectivity index (χ4n) is 4.88. The van der Waals surface area contributed by atoms with Crippen LogP contribution in [0.4, 0.5) is 0 Å². The first kappa shape index (κ1) is 22.8. The van der Waals surface area contributed by atoms with Crippen molar-refractivity contribution in [3.8, 4) is 22.5 Å². The van der Waals surface area contributed by atoms with Crippen molar-refractivity contribution < 1.29 is 4.79 Å². The van der Waals surface area contributed by atoms with Crippen LogP contribution in [0, 0.1) is 0 Å². The first-order chi connectivity index (χ1) is 15.7. The molecule has 0 radical (unpaired) electrons. The van der Waals surface area contributed by atoms with Gasteiger partial charge in [0.2, 0.25) is 0 Å². The molecular formula is C26H32N6O. The number of tetrazole rings is 1. The minimum atomic E-state index is -0.479. The highest BCUT2D eigenvalue weighted by atomic mass is 16.2. The van der Waals surface area contributed by atoms with Crippen molar-refractivity contribution in [3.05, 3.63) is 54.1 Å². The van der Waals surface area contributed by atoms with Gasteiger partial charge in [0.05, 0.1) is 6.54 Å². The molecule has 5 rings (SSSR count). The van der Waals surface area contributed by atoms with Crippen LogP contribution in [-0.2, 0) is 11.3 Å². The third kappa shape index (κ3) is 4.32. The summed E-state index contributed by atoms with van der Waals surface area (Å²) in [6, 6.07) is 16.5. The molecule has 3 aromatic rings. The number of rotatable bonds is 7. The van der Waals surface area contributed by atoms with Crippen LogP contribution in [0.5, 0.6) is 0 Å². The van der Waals surface area contributed by atoms with E-state index in [0.29, 0.717) is 12.4 Å². The summed E-state index contributed by atoms with van der Waals surface area (Å²) in [7, 11) is 0. The smallest absolute Gasteiger partial charge is 0.256 e. The number of H-pyrrole nitrogens is 1. The molecule has 0 atom stereocenters. The molecule has 2 aromatic carbocycles. The maximum atomic E-state index is 13.4. The second-order valence-electron chi connectivity index (χ2n) is 8.75. The standard InChI is InChI=1S/C25H28N6O.CH4/c1-2-3-10-22-26-25(15-6-7-16-25)24(32)31(22)17-18-11-13-19(14-12-18)20-8-4-5-9-21(20)23-27-29-30-28-23;/h4-5,8-9,11-14H,2-3,6-7,10,15-17H2,1H3,(H,27,28,29,30);1H4. The fourth-order valence-corrected chi connectivity index (χ4v) is 4.88. The molecular weight excluding hydrogens is 412 g/mol. The second kappa shape index (κ2) is 9.65. The van der Waals surface area contributed by atoms with E-state index in [9.17, 15) is 4.79 Å². The van der Waals surface area contributed by atoms with Gasteiger partial charge in [-0.1, -0.05) is 82.1 Å². The summed E-state index contributed by atoms with van der Waals surface area (Å²) in [5.74, 6) is 1.82. The lowest BCUT2D eigenvalue weighted by Gasteiger charge is -2.23. The number of carbonyl (C=O) groups is 1. The van der Waals surface area contributed by atoms with Gasteiger partial charge in [0.1, 0.15) is 11.4 Å². The predicted octanol–water partition coefficient (Wildman–Crippen LogP) is 5.41. The number of hydrogen-bond donors (Lipinski definition) is 1. The number of amides is 1. The van der Waals surface area contributed by atoms with Gasteiger partial charge in [0.25, 0.3) is 5.91 Å². The Morgan fingerprint density at radius 2 is 1.76 bits per heavy atom. The summed E-state index contributed by atoms with van der Waals surface area (Å²) in [6.07, 6.45) is 7.01. The molecule has 1 aliphatic heterocycles. The Balaban J connectivity index is 0.00000259. The highest BCUT2D eigenvalue weighted by Gasteiger charge is 2.49. The Bertz CT molecular complexity index is 1110. The maximum absolute atomic E-state index is 13.4. The number of benzene rings is 2. The number of carbonyl (C=O) groups excluding carboxylic acids is 1. The topological polar surface area (TPSA) is 87.1 Å². The van der Waals surface area contributed by atoms with E-state index in [1.165, 1.54) is 0 Å². The van der Waals surface area contributed by atoms with Gasteiger partial charge in [-0.25, -0.2) is 5.10 Å². The molecule has 1 aliphatic carbocycles. The van der Waals surface area contributed by atoms with Gasteiger partial charge < -0.3 is 0 Å². The van der Waals surface area contributed by atoms with E-state index in [-0.39, 0.29) is 13.3 Å². The highest BCUT2D eigenvalue weighted by molar-refractivity contribution is 6.08. The van der Waals surface area contributed by atoms with E-state index in [1.807, 2.05) is 23.1 Å². The molecule has 1 aromatic heterocycles. The first-order valence-corrected chi connectivity index (χ1v) is 11.5. The zero-order valence-corrected chi connectivity index (χ0v) is 18.4. The van der Waals surface area contributed by atoms with Gasteiger partial charge in [-0.05, 0) is 46.4 Å². The number of aliphatic imine (C=N–C) groups is 1. The van der Waals surface area contributed by atoms with Gasteiger partial charge in [0.15, 0.2) is 5.82 Å². The molecule has 7 heteroatoms. The molecule has 172 valence electrons. The number of aromatic amines is 1. The average Bonchev–Trinajstić information content (AvgIpc) is 3.58. The molecule has 1 saturated carbocycles. The predicted molar refractivity (Wildman–Crippen MR) is 130 cm³/mol. The van der Waals surface area contributed by atoms with E-state index in [2.05, 4.69) is 57.9 Å². The van der Waals surface area contributed by atoms with E-state index >= 15 is 0 Å². The molecule has 0 saturated heterocycles. The summed E-state index contributed by atoms with van der Waals surface area (Å²) < 4.78 is 0. The Kier molecular flexibility index (Phi) is 6.67. The average molecular weight is 445 g/mol. The summed E-state index contributed by atoms with van der Waals surface area (Å²) in [5.41, 5.74) is 3.73. The molecule has 0 bridgehead atoms. The lowest BCUT2D eigenvalue weighted by Crippen LogP contribution is -2.40. The summed E-state index contributed by atoms with van der Waals surface area (Å²) in [5, 5.41) is 14.3. The van der Waals surface area contributed by atoms with Crippen molar-refractivity contribution in [1.82, 2.24) is 25.5 Å². The number of unbranched alkanes of at least 4 members (excludes halogenated alkanes) is 1. The number of nitrogens with one attached hydrogen (secondary N) is 1. The largest absolute Gasteiger partial charge is 0.294 e. The summed E-state index contributed by atoms with van der Waals surface area (Å²) in [6.45, 7) is 2.76. The number of nitrogens with zero attached hydrogens (tertiary/aromatic N) is 5. The van der Waals surface area contributed by atoms with Crippen molar-refractivity contribution >= 4 is 11.7 Å². The van der Waals surface area contributed by atoms with Crippen molar-refractivity contribution in [2.45, 2.75) is 71.4 Å². The van der Waals surface area contributed by atoms with E-state index in [1.54, 1.807) is 0 Å². The van der Waals surface area contributed by atoms with Crippen LogP contribution < -0.4 is 0 Å². The van der Waals surface area contributed by atoms with Crippen molar-refractivity contribution in [2.24, 2.45) is 4.99 Å². The molecule has 7 nitrogen and oxygen atoms in total. The highest BCUT2D eigenvalue weighted by Crippen LogP contribution is 2.40. The quantitative estimate of drug-likeness (QED) is 0.527. The first-order valence-electron chi connectivity index (χ1n) is 11.5. The SMILES string of the molecule is C.CCCCC1=NC2(CCCC2)C(=O)N1Cc1ccc(-c2ccccc2-c2nnn[nH]2)cc1. The van der Waals surface area contributed by atoms with Crippen LogP contribution in [-0.4, -0.2) is 42.8 Å². The molecule has 0 unspecified atom stereocenters. The van der Waals surface area contributed by atoms with Crippen LogP contribution in [0.3, 0.4) is 0 Å². The van der Waals surface area contributed by atoms with Gasteiger partial charge in [-0.15, -0.1) is 5.10 Å². The van der Waals surface area contributed by atoms with Gasteiger partial charge in [0, 0.05) is 12.0 Å². The lowest BCUT2D eigenvalue weighted by molar-refractivity contribution is -0.131. The monoisotopic (exact) mass is 444 g/mol. The van der Waals surface area contributed by atoms with Crippen LogP contribution in [0.2, 0.25) is 0 Å². The molecule has 2 aliphatic rings. The van der Waals surface area contributed by atoms with Crippen LogP contribution >= 0.6 is 0 Å². The number of hydrogen-bond acceptors (Lipinski definition) is 5. The number of amidine groups is 1. The summed E-state index contributed by atoms with van der Waals surface area (Å²) >= 11 is 0. The van der Waals surface area contributed by atoms with Crippen molar-refractivity contribution in [1.29, 1.82) is 0 Å². The molecule has 2 heterocycles. The maximum Gasteiger partial charge on any atom is 0.256 e. The van der Waals surface area contributed by atoms with E-state index < -0.39 is 5.54 Å². The lowest BCUT2D eigenvalue weighted by atomic mass is 9.97. The molecule has 1 spiro atoms. The fraction of sp³-hybridized carbons (Fsp3) is 0.423. The van der Waals surface area contributed by atoms with E-state index in [0.717, 1.165) is 73.0 Å². The third-order valence-electron chi connectivity index (χ3n) is 6.62. The van der Waals surface area contributed by atoms with Crippen LogP contribution in [0.15, 0.2) is 53.5 Å². The third-order valence-corrected chi connectivity index (χ3v) is 6.62. The molecule has 1 N–H and O–H groups in total. The molecule has 1 amide bonds. The van der Waals surface area contributed by atoms with E-state index in [4.69, 9.17) is 4.99 Å². The van der Waals surface area contributed by atoms with Crippen molar-refractivity contribution in [3.63, 3.8) is 0 Å². The van der Waals surface area contributed by atoms with Crippen LogP contribution in [0.1, 0.15) is 64.9 Å². The Labute approximate surface area is 195 Å². The Morgan fingerprint density at radius 1 is 1.03 bits per heavy atom. The molecule has 1 fully saturated rings. The zero-order chi connectivity index (χ0) is 22.0. The molecule has 33 heavy (non-hydrogen) atoms. The van der Waals surface area contributed by atoms with Crippen LogP contribution in [0.25, 0.3) is 22.5 Å². The Morgan fingerprint density at radius 3 is 2.42 bits per heavy atom. The minimum absolute atomic E-state index is 0. The zero-order valence-electron chi connectivity index (χ0n) is 18.4. The normalized spacial score (nSPS) is 16.8. The summed E-state index contributed by atoms with van der Waals surface area (Å²) in [4.78, 5) is 20.3. The van der Waals surface area contributed by atoms with Crippen molar-refractivity contribution in [2.75, 3.05) is 0 Å². The second-order valence-corrected chi connectivity index (χ2v) is 8.75. The minimum Gasteiger partial charge on any atom is -0.294 e. The number of aromatic nitrogens is 4.